The molecule has 6 heteroatoms. The number of ketones is 1. The number of nitrogens with one attached hydrogen (secondary N) is 1. The molecule has 3 aliphatic rings. The number of rotatable bonds is 5. The highest BCUT2D eigenvalue weighted by atomic mass is 16.5. The first-order chi connectivity index (χ1) is 15.2. The first-order valence-electron chi connectivity index (χ1n) is 11.4. The average Bonchev–Trinajstić information content (AvgIpc) is 2.80. The molecule has 1 saturated heterocycles. The number of piperidine rings is 1. The summed E-state index contributed by atoms with van der Waals surface area (Å²) in [5, 5.41) is 3.57. The summed E-state index contributed by atoms with van der Waals surface area (Å²) < 4.78 is 6.22. The Morgan fingerprint density at radius 1 is 1.16 bits per heavy atom. The highest BCUT2D eigenvalue weighted by molar-refractivity contribution is 6.17. The Labute approximate surface area is 183 Å². The van der Waals surface area contributed by atoms with Gasteiger partial charge in [-0.3, -0.25) is 14.8 Å². The molecule has 0 amide bonds. The summed E-state index contributed by atoms with van der Waals surface area (Å²) >= 11 is 0. The van der Waals surface area contributed by atoms with Gasteiger partial charge in [0.15, 0.2) is 5.78 Å². The quantitative estimate of drug-likeness (QED) is 0.804. The van der Waals surface area contributed by atoms with Crippen LogP contribution in [0.3, 0.4) is 0 Å². The fourth-order valence-corrected chi connectivity index (χ4v) is 4.82. The van der Waals surface area contributed by atoms with E-state index in [1.54, 1.807) is 12.3 Å². The highest BCUT2D eigenvalue weighted by Crippen LogP contribution is 2.33. The highest BCUT2D eigenvalue weighted by Gasteiger charge is 2.30. The SMILES string of the molecule is CN1CCC(CNCc2nccc3c2N=C(C2CCc4ccccc4O2)CC3=O)CC1. The second-order valence-corrected chi connectivity index (χ2v) is 8.99. The van der Waals surface area contributed by atoms with Crippen molar-refractivity contribution in [3.05, 3.63) is 53.3 Å². The van der Waals surface area contributed by atoms with Crippen LogP contribution in [0.5, 0.6) is 5.75 Å². The Kier molecular flexibility index (Phi) is 5.83. The summed E-state index contributed by atoms with van der Waals surface area (Å²) in [5.74, 6) is 1.72. The first-order valence-corrected chi connectivity index (χ1v) is 11.4. The molecule has 1 fully saturated rings. The van der Waals surface area contributed by atoms with E-state index in [4.69, 9.17) is 9.73 Å². The van der Waals surface area contributed by atoms with Gasteiger partial charge in [-0.05, 0) is 76.0 Å². The zero-order valence-corrected chi connectivity index (χ0v) is 18.1. The maximum absolute atomic E-state index is 12.9. The molecule has 4 heterocycles. The lowest BCUT2D eigenvalue weighted by Gasteiger charge is -2.29. The number of hydrogen-bond acceptors (Lipinski definition) is 6. The van der Waals surface area contributed by atoms with Crippen LogP contribution in [0.4, 0.5) is 5.69 Å². The van der Waals surface area contributed by atoms with Crippen molar-refractivity contribution in [2.75, 3.05) is 26.7 Å². The van der Waals surface area contributed by atoms with Crippen molar-refractivity contribution in [3.8, 4) is 5.75 Å². The number of fused-ring (bicyclic) bond motifs is 2. The summed E-state index contributed by atoms with van der Waals surface area (Å²) in [6.45, 7) is 3.94. The number of hydrogen-bond donors (Lipinski definition) is 1. The molecule has 1 N–H and O–H groups in total. The maximum atomic E-state index is 12.9. The fourth-order valence-electron chi connectivity index (χ4n) is 4.82. The van der Waals surface area contributed by atoms with Gasteiger partial charge in [0, 0.05) is 18.3 Å². The molecule has 1 aromatic carbocycles. The predicted octanol–water partition coefficient (Wildman–Crippen LogP) is 3.57. The van der Waals surface area contributed by atoms with Gasteiger partial charge in [-0.1, -0.05) is 18.2 Å². The number of carbonyl (C=O) groups excluding carboxylic acids is 1. The van der Waals surface area contributed by atoms with Crippen molar-refractivity contribution in [2.45, 2.75) is 44.8 Å². The van der Waals surface area contributed by atoms with E-state index in [1.807, 2.05) is 18.2 Å². The van der Waals surface area contributed by atoms with Crippen LogP contribution in [0.25, 0.3) is 0 Å². The number of aryl methyl sites for hydroxylation is 1. The van der Waals surface area contributed by atoms with Gasteiger partial charge < -0.3 is 15.0 Å². The number of likely N-dealkylation sites (tertiary alicyclic amines) is 1. The minimum atomic E-state index is -0.146. The summed E-state index contributed by atoms with van der Waals surface area (Å²) in [6, 6.07) is 9.93. The summed E-state index contributed by atoms with van der Waals surface area (Å²) in [4.78, 5) is 24.8. The average molecular weight is 419 g/mol. The Morgan fingerprint density at radius 3 is 2.87 bits per heavy atom. The van der Waals surface area contributed by atoms with Crippen LogP contribution in [0.15, 0.2) is 41.5 Å². The normalized spacial score (nSPS) is 21.8. The van der Waals surface area contributed by atoms with E-state index in [-0.39, 0.29) is 11.9 Å². The lowest BCUT2D eigenvalue weighted by Crippen LogP contribution is -2.35. The summed E-state index contributed by atoms with van der Waals surface area (Å²) in [5.41, 5.74) is 4.32. The van der Waals surface area contributed by atoms with E-state index in [0.29, 0.717) is 24.4 Å². The summed E-state index contributed by atoms with van der Waals surface area (Å²) in [7, 11) is 2.19. The third-order valence-corrected chi connectivity index (χ3v) is 6.75. The number of benzene rings is 1. The molecule has 31 heavy (non-hydrogen) atoms. The van der Waals surface area contributed by atoms with E-state index in [1.165, 1.54) is 18.4 Å². The molecule has 5 rings (SSSR count). The smallest absolute Gasteiger partial charge is 0.170 e. The number of ether oxygens (including phenoxy) is 1. The molecule has 6 nitrogen and oxygen atoms in total. The third-order valence-electron chi connectivity index (χ3n) is 6.75. The molecule has 0 radical (unpaired) electrons. The van der Waals surface area contributed by atoms with Gasteiger partial charge in [0.1, 0.15) is 11.9 Å². The van der Waals surface area contributed by atoms with Crippen molar-refractivity contribution < 1.29 is 9.53 Å². The Balaban J connectivity index is 1.31. The number of carbonyl (C=O) groups is 1. The van der Waals surface area contributed by atoms with Crippen molar-refractivity contribution in [1.29, 1.82) is 0 Å². The fraction of sp³-hybridized carbons (Fsp3) is 0.480. The molecule has 2 aromatic rings. The van der Waals surface area contributed by atoms with Crippen LogP contribution >= 0.6 is 0 Å². The van der Waals surface area contributed by atoms with Gasteiger partial charge in [0.25, 0.3) is 0 Å². The van der Waals surface area contributed by atoms with E-state index < -0.39 is 0 Å². The van der Waals surface area contributed by atoms with Crippen LogP contribution in [0.2, 0.25) is 0 Å². The topological polar surface area (TPSA) is 66.8 Å². The standard InChI is InChI=1S/C25H30N4O2/c1-29-12-9-17(10-13-29)15-26-16-21-25-19(8-11-27-21)22(30)14-20(28-25)24-7-6-18-4-2-3-5-23(18)31-24/h2-5,8,11,17,24,26H,6-7,9-10,12-16H2,1H3. The monoisotopic (exact) mass is 418 g/mol. The molecule has 0 saturated carbocycles. The van der Waals surface area contributed by atoms with Crippen LogP contribution in [0, 0.1) is 5.92 Å². The Hall–Kier alpha value is -2.57. The number of pyridine rings is 1. The van der Waals surface area contributed by atoms with Crippen molar-refractivity contribution in [1.82, 2.24) is 15.2 Å². The van der Waals surface area contributed by atoms with Crippen LogP contribution in [-0.4, -0.2) is 54.2 Å². The van der Waals surface area contributed by atoms with E-state index in [2.05, 4.69) is 28.3 Å². The van der Waals surface area contributed by atoms with E-state index >= 15 is 0 Å². The molecule has 3 aliphatic heterocycles. The van der Waals surface area contributed by atoms with Gasteiger partial charge in [-0.2, -0.15) is 0 Å². The largest absolute Gasteiger partial charge is 0.484 e. The van der Waals surface area contributed by atoms with E-state index in [9.17, 15) is 4.79 Å². The molecule has 1 atom stereocenters. The maximum Gasteiger partial charge on any atom is 0.170 e. The van der Waals surface area contributed by atoms with Crippen LogP contribution in [0.1, 0.15) is 47.3 Å². The predicted molar refractivity (Wildman–Crippen MR) is 121 cm³/mol. The van der Waals surface area contributed by atoms with Gasteiger partial charge in [0.05, 0.1) is 23.5 Å². The lowest BCUT2D eigenvalue weighted by molar-refractivity contribution is 0.0995. The van der Waals surface area contributed by atoms with Crippen molar-refractivity contribution in [3.63, 3.8) is 0 Å². The molecular weight excluding hydrogens is 388 g/mol. The molecule has 0 bridgehead atoms. The van der Waals surface area contributed by atoms with Crippen molar-refractivity contribution >= 4 is 17.2 Å². The van der Waals surface area contributed by atoms with Crippen LogP contribution < -0.4 is 10.1 Å². The number of nitrogens with zero attached hydrogens (tertiary/aromatic N) is 3. The van der Waals surface area contributed by atoms with E-state index in [0.717, 1.165) is 55.3 Å². The molecule has 162 valence electrons. The Bertz CT molecular complexity index is 995. The second-order valence-electron chi connectivity index (χ2n) is 8.99. The lowest BCUT2D eigenvalue weighted by atomic mass is 9.93. The molecule has 1 unspecified atom stereocenters. The Morgan fingerprint density at radius 2 is 2.00 bits per heavy atom. The van der Waals surface area contributed by atoms with Crippen LogP contribution in [-0.2, 0) is 13.0 Å². The number of Topliss-reactive ketones (excluding diaryl/α,β-unsaturated/α-hetero) is 1. The minimum absolute atomic E-state index is 0.112. The number of aliphatic imine (C=N–C) groups is 1. The first kappa shape index (κ1) is 20.3. The zero-order valence-electron chi connectivity index (χ0n) is 18.1. The number of aromatic nitrogens is 1. The molecule has 0 aliphatic carbocycles. The molecular formula is C25H30N4O2. The minimum Gasteiger partial charge on any atom is -0.484 e. The molecule has 0 spiro atoms. The van der Waals surface area contributed by atoms with Gasteiger partial charge >= 0.3 is 0 Å². The summed E-state index contributed by atoms with van der Waals surface area (Å²) in [6.07, 6.45) is 6.16. The second kappa shape index (κ2) is 8.89. The van der Waals surface area contributed by atoms with Crippen molar-refractivity contribution in [2.24, 2.45) is 10.9 Å². The molecule has 1 aromatic heterocycles. The number of para-hydroxylation sites is 1. The van der Waals surface area contributed by atoms with Gasteiger partial charge in [0.2, 0.25) is 0 Å². The van der Waals surface area contributed by atoms with Gasteiger partial charge in [-0.25, -0.2) is 0 Å². The third kappa shape index (κ3) is 4.41. The van der Waals surface area contributed by atoms with Gasteiger partial charge in [-0.15, -0.1) is 0 Å². The zero-order chi connectivity index (χ0) is 21.2.